The number of thiophene rings is 2. The normalized spacial score (nSPS) is 18.0. The molecule has 1 aliphatic carbocycles. The SMILES string of the molecule is O=C(NC[C@@](O)(c1ccsc1)c1cccs1)NC1CCCC1. The molecule has 0 bridgehead atoms. The Morgan fingerprint density at radius 2 is 2.14 bits per heavy atom. The molecule has 3 rings (SSSR count). The van der Waals surface area contributed by atoms with Gasteiger partial charge in [-0.25, -0.2) is 4.79 Å². The van der Waals surface area contributed by atoms with Gasteiger partial charge in [-0.05, 0) is 41.1 Å². The summed E-state index contributed by atoms with van der Waals surface area (Å²) in [7, 11) is 0. The van der Waals surface area contributed by atoms with E-state index in [1.54, 1.807) is 11.3 Å². The summed E-state index contributed by atoms with van der Waals surface area (Å²) in [5.41, 5.74) is -0.345. The van der Waals surface area contributed by atoms with Gasteiger partial charge >= 0.3 is 6.03 Å². The number of carbonyl (C=O) groups is 1. The quantitative estimate of drug-likeness (QED) is 0.784. The average molecular weight is 336 g/mol. The molecule has 2 aromatic rings. The largest absolute Gasteiger partial charge is 0.378 e. The third kappa shape index (κ3) is 3.34. The van der Waals surface area contributed by atoms with Gasteiger partial charge in [-0.1, -0.05) is 18.9 Å². The van der Waals surface area contributed by atoms with Crippen molar-refractivity contribution in [2.24, 2.45) is 0 Å². The standard InChI is InChI=1S/C16H20N2O2S2/c19-15(18-13-4-1-2-5-13)17-11-16(20,12-7-9-21-10-12)14-6-3-8-22-14/h3,6-10,13,20H,1-2,4-5,11H2,(H2,17,18,19)/t16-/m1/s1. The van der Waals surface area contributed by atoms with Gasteiger partial charge in [0, 0.05) is 16.5 Å². The fourth-order valence-corrected chi connectivity index (χ4v) is 4.43. The molecule has 3 N–H and O–H groups in total. The number of carbonyl (C=O) groups excluding carboxylic acids is 1. The molecule has 2 amide bonds. The molecule has 1 aliphatic rings. The van der Waals surface area contributed by atoms with Gasteiger partial charge < -0.3 is 15.7 Å². The first-order valence-electron chi connectivity index (χ1n) is 7.52. The zero-order valence-corrected chi connectivity index (χ0v) is 13.9. The molecular weight excluding hydrogens is 316 g/mol. The van der Waals surface area contributed by atoms with Gasteiger partial charge in [0.05, 0.1) is 6.54 Å². The van der Waals surface area contributed by atoms with Crippen molar-refractivity contribution in [2.75, 3.05) is 6.54 Å². The van der Waals surface area contributed by atoms with Gasteiger partial charge in [0.2, 0.25) is 0 Å². The smallest absolute Gasteiger partial charge is 0.315 e. The Kier molecular flexibility index (Phi) is 4.81. The minimum atomic E-state index is -1.17. The van der Waals surface area contributed by atoms with Crippen molar-refractivity contribution in [3.05, 3.63) is 44.8 Å². The Balaban J connectivity index is 1.67. The summed E-state index contributed by atoms with van der Waals surface area (Å²) < 4.78 is 0. The zero-order chi connectivity index (χ0) is 15.4. The van der Waals surface area contributed by atoms with Crippen molar-refractivity contribution in [3.63, 3.8) is 0 Å². The zero-order valence-electron chi connectivity index (χ0n) is 12.2. The van der Waals surface area contributed by atoms with Crippen LogP contribution in [0.1, 0.15) is 36.1 Å². The van der Waals surface area contributed by atoms with Gasteiger partial charge in [0.1, 0.15) is 5.60 Å². The number of amides is 2. The highest BCUT2D eigenvalue weighted by Crippen LogP contribution is 2.33. The summed E-state index contributed by atoms with van der Waals surface area (Å²) in [6.45, 7) is 0.169. The monoisotopic (exact) mass is 336 g/mol. The lowest BCUT2D eigenvalue weighted by molar-refractivity contribution is 0.0862. The number of nitrogens with one attached hydrogen (secondary N) is 2. The van der Waals surface area contributed by atoms with Crippen molar-refractivity contribution in [2.45, 2.75) is 37.3 Å². The number of aliphatic hydroxyl groups is 1. The van der Waals surface area contributed by atoms with E-state index in [2.05, 4.69) is 10.6 Å². The van der Waals surface area contributed by atoms with E-state index in [9.17, 15) is 9.90 Å². The van der Waals surface area contributed by atoms with E-state index in [-0.39, 0.29) is 18.6 Å². The third-order valence-electron chi connectivity index (χ3n) is 4.12. The molecule has 0 radical (unpaired) electrons. The summed E-state index contributed by atoms with van der Waals surface area (Å²) in [5.74, 6) is 0. The van der Waals surface area contributed by atoms with Gasteiger partial charge in [0.15, 0.2) is 0 Å². The second kappa shape index (κ2) is 6.81. The fourth-order valence-electron chi connectivity index (χ4n) is 2.86. The molecule has 1 atom stereocenters. The van der Waals surface area contributed by atoms with E-state index in [0.29, 0.717) is 0 Å². The summed E-state index contributed by atoms with van der Waals surface area (Å²) in [6.07, 6.45) is 4.46. The average Bonchev–Trinajstić information content (AvgIpc) is 3.26. The van der Waals surface area contributed by atoms with Crippen molar-refractivity contribution in [1.82, 2.24) is 10.6 Å². The van der Waals surface area contributed by atoms with Crippen LogP contribution in [0.3, 0.4) is 0 Å². The molecule has 2 aromatic heterocycles. The summed E-state index contributed by atoms with van der Waals surface area (Å²) >= 11 is 3.04. The molecule has 118 valence electrons. The molecule has 1 fully saturated rings. The Morgan fingerprint density at radius 3 is 2.77 bits per heavy atom. The van der Waals surface area contributed by atoms with Crippen LogP contribution in [-0.2, 0) is 5.60 Å². The van der Waals surface area contributed by atoms with Crippen LogP contribution in [0.2, 0.25) is 0 Å². The third-order valence-corrected chi connectivity index (χ3v) is 5.83. The van der Waals surface area contributed by atoms with Crippen LogP contribution in [0.25, 0.3) is 0 Å². The second-order valence-electron chi connectivity index (χ2n) is 5.66. The van der Waals surface area contributed by atoms with Crippen molar-refractivity contribution in [3.8, 4) is 0 Å². The van der Waals surface area contributed by atoms with Gasteiger partial charge in [-0.2, -0.15) is 11.3 Å². The van der Waals surface area contributed by atoms with E-state index in [1.165, 1.54) is 24.2 Å². The van der Waals surface area contributed by atoms with Crippen molar-refractivity contribution >= 4 is 28.7 Å². The van der Waals surface area contributed by atoms with Crippen molar-refractivity contribution in [1.29, 1.82) is 0 Å². The second-order valence-corrected chi connectivity index (χ2v) is 7.39. The molecule has 2 heterocycles. The Hall–Kier alpha value is -1.37. The van der Waals surface area contributed by atoms with E-state index >= 15 is 0 Å². The number of rotatable bonds is 5. The van der Waals surface area contributed by atoms with E-state index < -0.39 is 5.60 Å². The maximum Gasteiger partial charge on any atom is 0.315 e. The van der Waals surface area contributed by atoms with Crippen LogP contribution >= 0.6 is 22.7 Å². The highest BCUT2D eigenvalue weighted by Gasteiger charge is 2.33. The van der Waals surface area contributed by atoms with E-state index in [4.69, 9.17) is 0 Å². The van der Waals surface area contributed by atoms with Gasteiger partial charge in [0.25, 0.3) is 0 Å². The van der Waals surface area contributed by atoms with Crippen LogP contribution in [0, 0.1) is 0 Å². The molecule has 0 saturated heterocycles. The summed E-state index contributed by atoms with van der Waals surface area (Å²) in [4.78, 5) is 12.9. The topological polar surface area (TPSA) is 61.4 Å². The lowest BCUT2D eigenvalue weighted by Crippen LogP contribution is -2.47. The number of urea groups is 1. The molecule has 4 nitrogen and oxygen atoms in total. The summed E-state index contributed by atoms with van der Waals surface area (Å²) in [6, 6.07) is 5.79. The minimum Gasteiger partial charge on any atom is -0.378 e. The van der Waals surface area contributed by atoms with Crippen LogP contribution < -0.4 is 10.6 Å². The minimum absolute atomic E-state index is 0.169. The molecule has 0 spiro atoms. The Bertz CT molecular complexity index is 555. The van der Waals surface area contributed by atoms with Gasteiger partial charge in [-0.3, -0.25) is 0 Å². The first-order valence-corrected chi connectivity index (χ1v) is 9.34. The predicted octanol–water partition coefficient (Wildman–Crippen LogP) is 3.29. The molecule has 6 heteroatoms. The van der Waals surface area contributed by atoms with Crippen molar-refractivity contribution < 1.29 is 9.90 Å². The molecular formula is C16H20N2O2S2. The fraction of sp³-hybridized carbons (Fsp3) is 0.438. The van der Waals surface area contributed by atoms with Gasteiger partial charge in [-0.15, -0.1) is 11.3 Å². The maximum atomic E-state index is 12.1. The van der Waals surface area contributed by atoms with Crippen LogP contribution in [0.4, 0.5) is 4.79 Å². The number of hydrogen-bond acceptors (Lipinski definition) is 4. The van der Waals surface area contributed by atoms with E-state index in [1.807, 2.05) is 34.3 Å². The highest BCUT2D eigenvalue weighted by molar-refractivity contribution is 7.10. The molecule has 0 aromatic carbocycles. The molecule has 22 heavy (non-hydrogen) atoms. The maximum absolute atomic E-state index is 12.1. The van der Waals surface area contributed by atoms with Crippen LogP contribution in [-0.4, -0.2) is 23.7 Å². The summed E-state index contributed by atoms with van der Waals surface area (Å²) in [5, 5.41) is 22.7. The predicted molar refractivity (Wildman–Crippen MR) is 90.4 cm³/mol. The molecule has 0 unspecified atom stereocenters. The van der Waals surface area contributed by atoms with Crippen LogP contribution in [0.5, 0.6) is 0 Å². The lowest BCUT2D eigenvalue weighted by atomic mass is 9.94. The molecule has 1 saturated carbocycles. The Morgan fingerprint density at radius 1 is 1.32 bits per heavy atom. The highest BCUT2D eigenvalue weighted by atomic mass is 32.1. The number of hydrogen-bond donors (Lipinski definition) is 3. The first-order chi connectivity index (χ1) is 10.7. The molecule has 0 aliphatic heterocycles. The lowest BCUT2D eigenvalue weighted by Gasteiger charge is -2.27. The first kappa shape index (κ1) is 15.5. The Labute approximate surface area is 138 Å². The van der Waals surface area contributed by atoms with Crippen LogP contribution in [0.15, 0.2) is 34.3 Å². The van der Waals surface area contributed by atoms with E-state index in [0.717, 1.165) is 23.3 Å².